The largest absolute Gasteiger partial charge is 0.348 e. The van der Waals surface area contributed by atoms with E-state index in [0.29, 0.717) is 40.6 Å². The van der Waals surface area contributed by atoms with E-state index in [2.05, 4.69) is 30.6 Å². The van der Waals surface area contributed by atoms with Crippen molar-refractivity contribution in [3.8, 4) is 0 Å². The molecule has 4 aromatic rings. The van der Waals surface area contributed by atoms with Crippen molar-refractivity contribution in [2.75, 3.05) is 18.4 Å². The zero-order valence-electron chi connectivity index (χ0n) is 18.7. The lowest BCUT2D eigenvalue weighted by Crippen LogP contribution is -2.61. The number of amides is 2. The molecule has 10 heteroatoms. The van der Waals surface area contributed by atoms with E-state index in [4.69, 9.17) is 0 Å². The molecule has 1 aliphatic rings. The highest BCUT2D eigenvalue weighted by molar-refractivity contribution is 7.18. The normalized spacial score (nSPS) is 14.5. The topological polar surface area (TPSA) is 113 Å². The number of likely N-dealkylation sites (tertiary alicyclic amines) is 1. The maximum Gasteiger partial charge on any atom is 0.274 e. The van der Waals surface area contributed by atoms with Gasteiger partial charge in [-0.15, -0.1) is 11.3 Å². The fraction of sp³-hybridized carbons (Fsp3) is 0.250. The third-order valence-electron chi connectivity index (χ3n) is 5.63. The first-order chi connectivity index (χ1) is 16.5. The molecule has 0 radical (unpaired) electrons. The number of hydrogen-bond donors (Lipinski definition) is 2. The number of aromatic nitrogens is 4. The summed E-state index contributed by atoms with van der Waals surface area (Å²) in [5.41, 5.74) is 2.40. The van der Waals surface area contributed by atoms with Gasteiger partial charge in [-0.05, 0) is 37.6 Å². The fourth-order valence-electron chi connectivity index (χ4n) is 3.79. The van der Waals surface area contributed by atoms with Crippen LogP contribution in [0.25, 0.3) is 10.3 Å². The SMILES string of the molecule is Cc1nc2nc(N[C@@H](C)c3cccnc3)nc(C(=O)N3CC(NC(=O)c4ccccc4)C3)c2s1. The predicted octanol–water partition coefficient (Wildman–Crippen LogP) is 3.22. The average Bonchev–Trinajstić information content (AvgIpc) is 3.21. The van der Waals surface area contributed by atoms with Crippen molar-refractivity contribution in [3.63, 3.8) is 0 Å². The average molecular weight is 474 g/mol. The lowest BCUT2D eigenvalue weighted by atomic mass is 10.1. The van der Waals surface area contributed by atoms with E-state index in [1.165, 1.54) is 11.3 Å². The number of carbonyl (C=O) groups excluding carboxylic acids is 2. The van der Waals surface area contributed by atoms with Gasteiger partial charge < -0.3 is 15.5 Å². The fourth-order valence-corrected chi connectivity index (χ4v) is 4.63. The number of carbonyl (C=O) groups is 2. The summed E-state index contributed by atoms with van der Waals surface area (Å²) in [6.07, 6.45) is 3.50. The Labute approximate surface area is 200 Å². The molecular formula is C24H23N7O2S. The molecule has 172 valence electrons. The molecule has 0 aliphatic carbocycles. The van der Waals surface area contributed by atoms with Gasteiger partial charge in [0.15, 0.2) is 11.3 Å². The number of nitrogens with zero attached hydrogens (tertiary/aromatic N) is 5. The van der Waals surface area contributed by atoms with Gasteiger partial charge >= 0.3 is 0 Å². The molecule has 2 amide bonds. The molecule has 0 saturated carbocycles. The van der Waals surface area contributed by atoms with E-state index < -0.39 is 0 Å². The Morgan fingerprint density at radius 3 is 2.62 bits per heavy atom. The Morgan fingerprint density at radius 2 is 1.88 bits per heavy atom. The molecule has 1 saturated heterocycles. The van der Waals surface area contributed by atoms with Crippen LogP contribution in [-0.4, -0.2) is 55.8 Å². The van der Waals surface area contributed by atoms with Gasteiger partial charge in [0.05, 0.1) is 17.1 Å². The lowest BCUT2D eigenvalue weighted by Gasteiger charge is -2.39. The molecule has 0 spiro atoms. The second kappa shape index (κ2) is 9.14. The molecule has 0 bridgehead atoms. The van der Waals surface area contributed by atoms with Crippen LogP contribution in [0.2, 0.25) is 0 Å². The number of hydrogen-bond acceptors (Lipinski definition) is 8. The first-order valence-electron chi connectivity index (χ1n) is 10.9. The molecule has 1 atom stereocenters. The molecule has 1 aromatic carbocycles. The van der Waals surface area contributed by atoms with E-state index in [9.17, 15) is 9.59 Å². The quantitative estimate of drug-likeness (QED) is 0.442. The summed E-state index contributed by atoms with van der Waals surface area (Å²) in [6.45, 7) is 4.71. The molecule has 5 rings (SSSR count). The zero-order chi connectivity index (χ0) is 23.7. The van der Waals surface area contributed by atoms with Gasteiger partial charge in [0, 0.05) is 31.0 Å². The molecule has 1 aliphatic heterocycles. The van der Waals surface area contributed by atoms with Crippen LogP contribution in [0.1, 0.15) is 44.4 Å². The minimum absolute atomic E-state index is 0.0969. The highest BCUT2D eigenvalue weighted by atomic mass is 32.1. The number of rotatable bonds is 6. The van der Waals surface area contributed by atoms with Gasteiger partial charge in [0.25, 0.3) is 11.8 Å². The molecule has 1 fully saturated rings. The molecule has 2 N–H and O–H groups in total. The summed E-state index contributed by atoms with van der Waals surface area (Å²) in [7, 11) is 0. The van der Waals surface area contributed by atoms with E-state index >= 15 is 0 Å². The van der Waals surface area contributed by atoms with Crippen LogP contribution in [0.3, 0.4) is 0 Å². The van der Waals surface area contributed by atoms with Gasteiger partial charge in [0.2, 0.25) is 5.95 Å². The Balaban J connectivity index is 1.32. The van der Waals surface area contributed by atoms with Gasteiger partial charge in [-0.1, -0.05) is 24.3 Å². The number of aryl methyl sites for hydroxylation is 1. The third kappa shape index (κ3) is 4.44. The number of benzene rings is 1. The number of fused-ring (bicyclic) bond motifs is 1. The molecule has 3 aromatic heterocycles. The van der Waals surface area contributed by atoms with Crippen LogP contribution in [0.5, 0.6) is 0 Å². The Bertz CT molecular complexity index is 1340. The van der Waals surface area contributed by atoms with E-state index in [-0.39, 0.29) is 23.9 Å². The van der Waals surface area contributed by atoms with Crippen molar-refractivity contribution in [1.82, 2.24) is 30.2 Å². The van der Waals surface area contributed by atoms with Crippen molar-refractivity contribution < 1.29 is 9.59 Å². The van der Waals surface area contributed by atoms with Gasteiger partial charge in [0.1, 0.15) is 4.70 Å². The minimum Gasteiger partial charge on any atom is -0.348 e. The monoisotopic (exact) mass is 473 g/mol. The second-order valence-electron chi connectivity index (χ2n) is 8.18. The van der Waals surface area contributed by atoms with Crippen molar-refractivity contribution in [3.05, 3.63) is 76.7 Å². The number of anilines is 1. The molecule has 0 unspecified atom stereocenters. The molecule has 9 nitrogen and oxygen atoms in total. The van der Waals surface area contributed by atoms with Crippen LogP contribution >= 0.6 is 11.3 Å². The van der Waals surface area contributed by atoms with E-state index in [0.717, 1.165) is 10.6 Å². The lowest BCUT2D eigenvalue weighted by molar-refractivity contribution is 0.0539. The van der Waals surface area contributed by atoms with Crippen LogP contribution in [-0.2, 0) is 0 Å². The van der Waals surface area contributed by atoms with Crippen molar-refractivity contribution in [1.29, 1.82) is 0 Å². The Morgan fingerprint density at radius 1 is 1.09 bits per heavy atom. The summed E-state index contributed by atoms with van der Waals surface area (Å²) < 4.78 is 0.666. The van der Waals surface area contributed by atoms with Crippen LogP contribution in [0, 0.1) is 6.92 Å². The Hall–Kier alpha value is -3.92. The standard InChI is InChI=1S/C24H23N7O2S/c1-14(17-9-6-10-25-11-17)26-24-29-19(20-21(30-24)27-15(2)34-20)23(33)31-12-18(13-31)28-22(32)16-7-4-3-5-8-16/h3-11,14,18H,12-13H2,1-2H3,(H,28,32)(H,26,29,30)/t14-/m0/s1. The van der Waals surface area contributed by atoms with Gasteiger partial charge in [-0.25, -0.2) is 9.97 Å². The maximum absolute atomic E-state index is 13.3. The second-order valence-corrected chi connectivity index (χ2v) is 9.38. The number of thiazole rings is 1. The highest BCUT2D eigenvalue weighted by Gasteiger charge is 2.34. The molecule has 34 heavy (non-hydrogen) atoms. The number of pyridine rings is 1. The van der Waals surface area contributed by atoms with Gasteiger partial charge in [-0.2, -0.15) is 4.98 Å². The predicted molar refractivity (Wildman–Crippen MR) is 130 cm³/mol. The molecular weight excluding hydrogens is 450 g/mol. The smallest absolute Gasteiger partial charge is 0.274 e. The first kappa shape index (κ1) is 21.9. The highest BCUT2D eigenvalue weighted by Crippen LogP contribution is 2.27. The van der Waals surface area contributed by atoms with Crippen LogP contribution in [0.15, 0.2) is 54.9 Å². The van der Waals surface area contributed by atoms with E-state index in [1.807, 2.05) is 44.2 Å². The van der Waals surface area contributed by atoms with Crippen molar-refractivity contribution in [2.24, 2.45) is 0 Å². The zero-order valence-corrected chi connectivity index (χ0v) is 19.5. The summed E-state index contributed by atoms with van der Waals surface area (Å²) in [5.74, 6) is 0.00128. The summed E-state index contributed by atoms with van der Waals surface area (Å²) >= 11 is 1.40. The Kier molecular flexibility index (Phi) is 5.89. The van der Waals surface area contributed by atoms with Crippen LogP contribution in [0.4, 0.5) is 5.95 Å². The van der Waals surface area contributed by atoms with Crippen LogP contribution < -0.4 is 10.6 Å². The van der Waals surface area contributed by atoms with Crippen molar-refractivity contribution in [2.45, 2.75) is 25.9 Å². The summed E-state index contributed by atoms with van der Waals surface area (Å²) in [4.78, 5) is 45.1. The van der Waals surface area contributed by atoms with Crippen molar-refractivity contribution >= 4 is 39.4 Å². The summed E-state index contributed by atoms with van der Waals surface area (Å²) in [6, 6.07) is 12.7. The maximum atomic E-state index is 13.3. The van der Waals surface area contributed by atoms with E-state index in [1.54, 1.807) is 29.4 Å². The number of nitrogens with one attached hydrogen (secondary N) is 2. The minimum atomic E-state index is -0.196. The molecule has 4 heterocycles. The summed E-state index contributed by atoms with van der Waals surface area (Å²) in [5, 5.41) is 7.04. The third-order valence-corrected chi connectivity index (χ3v) is 6.60. The van der Waals surface area contributed by atoms with Gasteiger partial charge in [-0.3, -0.25) is 14.6 Å². The first-order valence-corrected chi connectivity index (χ1v) is 11.8.